The molecule has 7 heteroatoms. The Labute approximate surface area is 140 Å². The summed E-state index contributed by atoms with van der Waals surface area (Å²) in [5.41, 5.74) is 1.22. The van der Waals surface area contributed by atoms with Gasteiger partial charge in [-0.25, -0.2) is 0 Å². The Balaban J connectivity index is 2.19. The fraction of sp³-hybridized carbons (Fsp3) is 0.588. The molecule has 3 N–H and O–H groups in total. The minimum atomic E-state index is -0.995. The summed E-state index contributed by atoms with van der Waals surface area (Å²) in [5, 5.41) is 12.3. The number of hydrogen-bond acceptors (Lipinski definition) is 4. The summed E-state index contributed by atoms with van der Waals surface area (Å²) < 4.78 is 5.23. The second-order valence-corrected chi connectivity index (χ2v) is 6.27. The van der Waals surface area contributed by atoms with Crippen molar-refractivity contribution >= 4 is 17.7 Å². The molecule has 1 aliphatic rings. The number of aromatic amines is 1. The number of carboxylic acid groups (broad SMARTS) is 1. The van der Waals surface area contributed by atoms with Crippen LogP contribution in [0.4, 0.5) is 0 Å². The zero-order chi connectivity index (χ0) is 17.9. The van der Waals surface area contributed by atoms with Crippen molar-refractivity contribution in [3.05, 3.63) is 22.5 Å². The summed E-state index contributed by atoms with van der Waals surface area (Å²) in [5.74, 6) is -1.39. The first-order chi connectivity index (χ1) is 11.3. The van der Waals surface area contributed by atoms with Crippen molar-refractivity contribution in [3.8, 4) is 0 Å². The Morgan fingerprint density at radius 3 is 2.42 bits per heavy atom. The second-order valence-electron chi connectivity index (χ2n) is 6.27. The molecule has 0 atom stereocenters. The van der Waals surface area contributed by atoms with Crippen LogP contribution in [-0.4, -0.2) is 47.5 Å². The lowest BCUT2D eigenvalue weighted by Crippen LogP contribution is -2.46. The van der Waals surface area contributed by atoms with Gasteiger partial charge in [-0.3, -0.25) is 14.4 Å². The molecule has 1 saturated heterocycles. The van der Waals surface area contributed by atoms with Gasteiger partial charge in [0.1, 0.15) is 5.69 Å². The molecule has 1 aromatic heterocycles. The number of amides is 1. The number of carbonyl (C=O) groups excluding carboxylic acids is 2. The minimum absolute atomic E-state index is 0.0428. The average Bonchev–Trinajstić information content (AvgIpc) is 2.90. The Hall–Kier alpha value is -2.15. The van der Waals surface area contributed by atoms with Gasteiger partial charge < -0.3 is 20.1 Å². The van der Waals surface area contributed by atoms with Gasteiger partial charge in [-0.15, -0.1) is 0 Å². The third-order valence-corrected chi connectivity index (χ3v) is 4.71. The molecule has 1 aromatic rings. The number of H-pyrrole nitrogens is 1. The van der Waals surface area contributed by atoms with Gasteiger partial charge in [0.2, 0.25) is 0 Å². The summed E-state index contributed by atoms with van der Waals surface area (Å²) in [6.07, 6.45) is 1.28. The van der Waals surface area contributed by atoms with Gasteiger partial charge in [-0.1, -0.05) is 6.92 Å². The highest BCUT2D eigenvalue weighted by Crippen LogP contribution is 2.30. The quantitative estimate of drug-likeness (QED) is 0.685. The zero-order valence-electron chi connectivity index (χ0n) is 14.3. The van der Waals surface area contributed by atoms with Gasteiger partial charge >= 0.3 is 5.97 Å². The van der Waals surface area contributed by atoms with Crippen molar-refractivity contribution in [3.63, 3.8) is 0 Å². The molecule has 0 unspecified atom stereocenters. The molecular formula is C17H24N2O5. The second kappa shape index (κ2) is 7.17. The first-order valence-electron chi connectivity index (χ1n) is 8.14. The van der Waals surface area contributed by atoms with Gasteiger partial charge in [-0.2, -0.15) is 0 Å². The van der Waals surface area contributed by atoms with Crippen molar-refractivity contribution < 1.29 is 24.2 Å². The summed E-state index contributed by atoms with van der Waals surface area (Å²) in [6, 6.07) is 0. The topological polar surface area (TPSA) is 108 Å². The molecule has 0 spiro atoms. The maximum atomic E-state index is 12.5. The van der Waals surface area contributed by atoms with Crippen LogP contribution in [0.15, 0.2) is 0 Å². The molecular weight excluding hydrogens is 312 g/mol. The predicted octanol–water partition coefficient (Wildman–Crippen LogP) is 1.70. The van der Waals surface area contributed by atoms with Gasteiger partial charge in [0.05, 0.1) is 5.41 Å². The minimum Gasteiger partial charge on any atom is -0.481 e. The molecule has 0 aromatic carbocycles. The molecule has 24 heavy (non-hydrogen) atoms. The number of nitrogens with one attached hydrogen (secondary N) is 2. The first-order valence-corrected chi connectivity index (χ1v) is 8.14. The summed E-state index contributed by atoms with van der Waals surface area (Å²) in [6.45, 7) is 5.89. The predicted molar refractivity (Wildman–Crippen MR) is 87.4 cm³/mol. The fourth-order valence-corrected chi connectivity index (χ4v) is 3.27. The standard InChI is InChI=1S/C17H24N2O5/c1-4-12-13(11(3)20)10(2)19-14(12)15(21)18-9-17(16(22)23)5-7-24-8-6-17/h19H,4-9H2,1-3H3,(H,18,21)(H,22,23). The van der Waals surface area contributed by atoms with Gasteiger partial charge in [-0.05, 0) is 38.7 Å². The first kappa shape index (κ1) is 18.2. The van der Waals surface area contributed by atoms with E-state index in [0.29, 0.717) is 55.0 Å². The molecule has 0 saturated carbocycles. The molecule has 2 rings (SSSR count). The average molecular weight is 336 g/mol. The molecule has 0 aliphatic carbocycles. The van der Waals surface area contributed by atoms with Crippen molar-refractivity contribution in [2.75, 3.05) is 19.8 Å². The summed E-state index contributed by atoms with van der Waals surface area (Å²) in [4.78, 5) is 38.9. The van der Waals surface area contributed by atoms with E-state index < -0.39 is 11.4 Å². The maximum Gasteiger partial charge on any atom is 0.311 e. The Bertz CT molecular complexity index is 656. The molecule has 2 heterocycles. The van der Waals surface area contributed by atoms with E-state index in [9.17, 15) is 19.5 Å². The SMILES string of the molecule is CCc1c(C(=O)NCC2(C(=O)O)CCOCC2)[nH]c(C)c1C(C)=O. The Morgan fingerprint density at radius 2 is 1.92 bits per heavy atom. The van der Waals surface area contributed by atoms with E-state index in [1.807, 2.05) is 6.92 Å². The van der Waals surface area contributed by atoms with Crippen LogP contribution in [0.25, 0.3) is 0 Å². The lowest BCUT2D eigenvalue weighted by Gasteiger charge is -2.33. The number of aliphatic carboxylic acids is 1. The van der Waals surface area contributed by atoms with E-state index in [4.69, 9.17) is 4.74 Å². The number of aromatic nitrogens is 1. The third-order valence-electron chi connectivity index (χ3n) is 4.71. The van der Waals surface area contributed by atoms with E-state index in [1.54, 1.807) is 6.92 Å². The molecule has 7 nitrogen and oxygen atoms in total. The van der Waals surface area contributed by atoms with Gasteiger partial charge in [0.25, 0.3) is 5.91 Å². The van der Waals surface area contributed by atoms with Crippen LogP contribution in [-0.2, 0) is 16.0 Å². The van der Waals surface area contributed by atoms with Crippen LogP contribution in [0.5, 0.6) is 0 Å². The van der Waals surface area contributed by atoms with Crippen molar-refractivity contribution in [2.45, 2.75) is 40.0 Å². The highest BCUT2D eigenvalue weighted by atomic mass is 16.5. The zero-order valence-corrected chi connectivity index (χ0v) is 14.3. The third kappa shape index (κ3) is 3.36. The molecule has 0 radical (unpaired) electrons. The van der Waals surface area contributed by atoms with E-state index >= 15 is 0 Å². The van der Waals surface area contributed by atoms with Gasteiger partial charge in [0.15, 0.2) is 5.78 Å². The fourth-order valence-electron chi connectivity index (χ4n) is 3.27. The molecule has 132 valence electrons. The number of rotatable bonds is 6. The lowest BCUT2D eigenvalue weighted by molar-refractivity contribution is -0.154. The van der Waals surface area contributed by atoms with Gasteiger partial charge in [0, 0.05) is 31.0 Å². The number of ether oxygens (including phenoxy) is 1. The number of hydrogen-bond donors (Lipinski definition) is 3. The Morgan fingerprint density at radius 1 is 1.29 bits per heavy atom. The summed E-state index contributed by atoms with van der Waals surface area (Å²) in [7, 11) is 0. The van der Waals surface area contributed by atoms with Crippen LogP contribution in [0, 0.1) is 12.3 Å². The van der Waals surface area contributed by atoms with Crippen molar-refractivity contribution in [1.82, 2.24) is 10.3 Å². The van der Waals surface area contributed by atoms with Crippen molar-refractivity contribution in [2.24, 2.45) is 5.41 Å². The van der Waals surface area contributed by atoms with E-state index in [2.05, 4.69) is 10.3 Å². The largest absolute Gasteiger partial charge is 0.481 e. The van der Waals surface area contributed by atoms with Crippen LogP contribution < -0.4 is 5.32 Å². The normalized spacial score (nSPS) is 16.6. The van der Waals surface area contributed by atoms with E-state index in [0.717, 1.165) is 0 Å². The molecule has 1 fully saturated rings. The number of carbonyl (C=O) groups is 3. The van der Waals surface area contributed by atoms with Crippen LogP contribution >= 0.6 is 0 Å². The van der Waals surface area contributed by atoms with Crippen molar-refractivity contribution in [1.29, 1.82) is 0 Å². The van der Waals surface area contributed by atoms with E-state index in [-0.39, 0.29) is 18.2 Å². The number of carboxylic acids is 1. The maximum absolute atomic E-state index is 12.5. The van der Waals surface area contributed by atoms with Crippen LogP contribution in [0.3, 0.4) is 0 Å². The van der Waals surface area contributed by atoms with Crippen LogP contribution in [0.2, 0.25) is 0 Å². The summed E-state index contributed by atoms with van der Waals surface area (Å²) >= 11 is 0. The molecule has 1 aliphatic heterocycles. The molecule has 1 amide bonds. The monoisotopic (exact) mass is 336 g/mol. The molecule has 0 bridgehead atoms. The number of aryl methyl sites for hydroxylation is 1. The number of Topliss-reactive ketones (excluding diaryl/α,β-unsaturated/α-hetero) is 1. The van der Waals surface area contributed by atoms with Crippen LogP contribution in [0.1, 0.15) is 58.8 Å². The Kier molecular flexibility index (Phi) is 5.43. The smallest absolute Gasteiger partial charge is 0.311 e. The van der Waals surface area contributed by atoms with E-state index in [1.165, 1.54) is 6.92 Å². The highest BCUT2D eigenvalue weighted by molar-refractivity contribution is 6.02. The lowest BCUT2D eigenvalue weighted by atomic mass is 9.80. The highest BCUT2D eigenvalue weighted by Gasteiger charge is 2.40. The number of ketones is 1.